The molecule has 1 aromatic heterocycles. The standard InChI is InChI=1S/C26H25N5O3S/c1-3-33-26(32)23-21(34-24(29)19(13-28)22(23)16-7-5-4-6-8-16)15-35-25-17(12-27)11-18-14-31(2)10-9-20(18)30-25/h4-8,11,22H,3,9-10,14-15,29H2,1-2H3/t22-/m1/s1. The Balaban J connectivity index is 1.73. The molecule has 1 aromatic carbocycles. The van der Waals surface area contributed by atoms with E-state index < -0.39 is 11.9 Å². The maximum atomic E-state index is 13.1. The molecular weight excluding hydrogens is 462 g/mol. The number of allylic oxidation sites excluding steroid dienone is 1. The van der Waals surface area contributed by atoms with E-state index in [2.05, 4.69) is 17.0 Å². The lowest BCUT2D eigenvalue weighted by Gasteiger charge is -2.28. The van der Waals surface area contributed by atoms with Gasteiger partial charge in [-0.3, -0.25) is 0 Å². The summed E-state index contributed by atoms with van der Waals surface area (Å²) in [6, 6.07) is 15.4. The summed E-state index contributed by atoms with van der Waals surface area (Å²) in [5.41, 5.74) is 9.75. The van der Waals surface area contributed by atoms with Crippen LogP contribution in [0.1, 0.15) is 35.2 Å². The zero-order valence-electron chi connectivity index (χ0n) is 19.6. The monoisotopic (exact) mass is 487 g/mol. The number of rotatable bonds is 6. The zero-order valence-corrected chi connectivity index (χ0v) is 20.4. The zero-order chi connectivity index (χ0) is 24.9. The molecular formula is C26H25N5O3S. The molecule has 178 valence electrons. The van der Waals surface area contributed by atoms with Crippen LogP contribution in [-0.2, 0) is 27.2 Å². The average Bonchev–Trinajstić information content (AvgIpc) is 2.87. The van der Waals surface area contributed by atoms with Crippen molar-refractivity contribution in [2.75, 3.05) is 26.0 Å². The fourth-order valence-corrected chi connectivity index (χ4v) is 5.17. The number of carbonyl (C=O) groups is 1. The first-order valence-electron chi connectivity index (χ1n) is 11.2. The van der Waals surface area contributed by atoms with E-state index in [1.807, 2.05) is 43.4 Å². The first kappa shape index (κ1) is 24.3. The lowest BCUT2D eigenvalue weighted by molar-refractivity contribution is -0.139. The minimum Gasteiger partial charge on any atom is -0.463 e. The number of carbonyl (C=O) groups excluding carboxylic acids is 1. The topological polar surface area (TPSA) is 125 Å². The summed E-state index contributed by atoms with van der Waals surface area (Å²) in [7, 11) is 2.04. The number of nitriles is 2. The quantitative estimate of drug-likeness (QED) is 0.482. The summed E-state index contributed by atoms with van der Waals surface area (Å²) in [4.78, 5) is 20.1. The number of hydrogen-bond donors (Lipinski definition) is 1. The van der Waals surface area contributed by atoms with Crippen molar-refractivity contribution in [3.05, 3.63) is 81.6 Å². The SMILES string of the molecule is CCOC(=O)C1=C(CSc2nc3c(cc2C#N)CN(C)CC3)OC(N)=C(C#N)[C@H]1c1ccccc1. The molecule has 0 amide bonds. The molecule has 4 rings (SSSR count). The molecule has 2 aliphatic heterocycles. The van der Waals surface area contributed by atoms with Crippen molar-refractivity contribution in [3.63, 3.8) is 0 Å². The predicted octanol–water partition coefficient (Wildman–Crippen LogP) is 3.36. The number of likely N-dealkylation sites (N-methyl/N-ethyl adjacent to an activating group) is 1. The van der Waals surface area contributed by atoms with Crippen molar-refractivity contribution in [3.8, 4) is 12.1 Å². The lowest BCUT2D eigenvalue weighted by atomic mass is 9.83. The van der Waals surface area contributed by atoms with E-state index in [-0.39, 0.29) is 29.4 Å². The van der Waals surface area contributed by atoms with Gasteiger partial charge in [0.15, 0.2) is 0 Å². The molecule has 0 radical (unpaired) electrons. The van der Waals surface area contributed by atoms with Crippen LogP contribution in [0.25, 0.3) is 0 Å². The first-order valence-corrected chi connectivity index (χ1v) is 12.2. The van der Waals surface area contributed by atoms with Gasteiger partial charge in [-0.15, -0.1) is 0 Å². The maximum absolute atomic E-state index is 13.1. The first-order chi connectivity index (χ1) is 17.0. The number of ether oxygens (including phenoxy) is 2. The van der Waals surface area contributed by atoms with Gasteiger partial charge in [-0.05, 0) is 31.2 Å². The fourth-order valence-electron chi connectivity index (χ4n) is 4.25. The summed E-state index contributed by atoms with van der Waals surface area (Å²) in [6.07, 6.45) is 0.801. The minimum atomic E-state index is -0.716. The molecule has 3 heterocycles. The third-order valence-electron chi connectivity index (χ3n) is 5.91. The third kappa shape index (κ3) is 5.02. The number of aromatic nitrogens is 1. The largest absolute Gasteiger partial charge is 0.463 e. The van der Waals surface area contributed by atoms with Crippen LogP contribution in [0.4, 0.5) is 0 Å². The van der Waals surface area contributed by atoms with Gasteiger partial charge >= 0.3 is 5.97 Å². The highest BCUT2D eigenvalue weighted by Crippen LogP contribution is 2.41. The molecule has 0 unspecified atom stereocenters. The molecule has 35 heavy (non-hydrogen) atoms. The lowest BCUT2D eigenvalue weighted by Crippen LogP contribution is -2.28. The van der Waals surface area contributed by atoms with Crippen molar-refractivity contribution in [2.45, 2.75) is 30.8 Å². The third-order valence-corrected chi connectivity index (χ3v) is 6.90. The highest BCUT2D eigenvalue weighted by atomic mass is 32.2. The summed E-state index contributed by atoms with van der Waals surface area (Å²) in [5, 5.41) is 20.1. The molecule has 2 aromatic rings. The Kier molecular flexibility index (Phi) is 7.40. The van der Waals surface area contributed by atoms with Crippen LogP contribution >= 0.6 is 11.8 Å². The highest BCUT2D eigenvalue weighted by molar-refractivity contribution is 7.99. The molecule has 0 fully saturated rings. The van der Waals surface area contributed by atoms with Gasteiger partial charge in [0, 0.05) is 25.2 Å². The van der Waals surface area contributed by atoms with Gasteiger partial charge in [-0.1, -0.05) is 42.1 Å². The second-order valence-electron chi connectivity index (χ2n) is 8.23. The van der Waals surface area contributed by atoms with Crippen molar-refractivity contribution in [1.82, 2.24) is 9.88 Å². The molecule has 0 saturated carbocycles. The smallest absolute Gasteiger partial charge is 0.338 e. The predicted molar refractivity (Wildman–Crippen MR) is 130 cm³/mol. The second-order valence-corrected chi connectivity index (χ2v) is 9.19. The van der Waals surface area contributed by atoms with Crippen LogP contribution in [0.2, 0.25) is 0 Å². The summed E-state index contributed by atoms with van der Waals surface area (Å²) in [5.74, 6) is -0.850. The van der Waals surface area contributed by atoms with Crippen LogP contribution in [0.15, 0.2) is 64.2 Å². The number of esters is 1. The summed E-state index contributed by atoms with van der Waals surface area (Å²) >= 11 is 1.30. The van der Waals surface area contributed by atoms with Gasteiger partial charge in [-0.2, -0.15) is 10.5 Å². The molecule has 0 bridgehead atoms. The maximum Gasteiger partial charge on any atom is 0.338 e. The van der Waals surface area contributed by atoms with E-state index in [0.717, 1.165) is 36.3 Å². The number of benzene rings is 1. The van der Waals surface area contributed by atoms with Gasteiger partial charge in [0.2, 0.25) is 5.88 Å². The molecule has 0 spiro atoms. The van der Waals surface area contributed by atoms with Crippen molar-refractivity contribution < 1.29 is 14.3 Å². The van der Waals surface area contributed by atoms with Gasteiger partial charge in [0.05, 0.1) is 29.4 Å². The van der Waals surface area contributed by atoms with Gasteiger partial charge < -0.3 is 20.1 Å². The van der Waals surface area contributed by atoms with Gasteiger partial charge in [-0.25, -0.2) is 9.78 Å². The summed E-state index contributed by atoms with van der Waals surface area (Å²) < 4.78 is 11.2. The van der Waals surface area contributed by atoms with E-state index in [9.17, 15) is 15.3 Å². The Morgan fingerprint density at radius 1 is 1.31 bits per heavy atom. The number of hydrogen-bond acceptors (Lipinski definition) is 9. The summed E-state index contributed by atoms with van der Waals surface area (Å²) in [6.45, 7) is 3.54. The van der Waals surface area contributed by atoms with E-state index in [1.165, 1.54) is 11.8 Å². The van der Waals surface area contributed by atoms with E-state index in [0.29, 0.717) is 16.3 Å². The minimum absolute atomic E-state index is 0.0491. The van der Waals surface area contributed by atoms with Crippen molar-refractivity contribution in [2.24, 2.45) is 5.73 Å². The number of nitrogens with two attached hydrogens (primary N) is 1. The molecule has 9 heteroatoms. The van der Waals surface area contributed by atoms with Crippen LogP contribution in [0.5, 0.6) is 0 Å². The Labute approximate surface area is 208 Å². The number of nitrogens with zero attached hydrogens (tertiary/aromatic N) is 4. The van der Waals surface area contributed by atoms with E-state index in [1.54, 1.807) is 6.92 Å². The van der Waals surface area contributed by atoms with Crippen LogP contribution < -0.4 is 5.73 Å². The number of thioether (sulfide) groups is 1. The Hall–Kier alpha value is -3.79. The van der Waals surface area contributed by atoms with E-state index >= 15 is 0 Å². The normalized spacial score (nSPS) is 17.8. The van der Waals surface area contributed by atoms with Crippen molar-refractivity contribution >= 4 is 17.7 Å². The van der Waals surface area contributed by atoms with Crippen molar-refractivity contribution in [1.29, 1.82) is 10.5 Å². The second kappa shape index (κ2) is 10.6. The number of fused-ring (bicyclic) bond motifs is 1. The van der Waals surface area contributed by atoms with E-state index in [4.69, 9.17) is 20.2 Å². The Morgan fingerprint density at radius 3 is 2.77 bits per heavy atom. The highest BCUT2D eigenvalue weighted by Gasteiger charge is 2.37. The van der Waals surface area contributed by atoms with Crippen LogP contribution in [0.3, 0.4) is 0 Å². The van der Waals surface area contributed by atoms with Gasteiger partial charge in [0.25, 0.3) is 0 Å². The molecule has 0 aliphatic carbocycles. The number of pyridine rings is 1. The molecule has 2 aliphatic rings. The van der Waals surface area contributed by atoms with Crippen LogP contribution in [0, 0.1) is 22.7 Å². The van der Waals surface area contributed by atoms with Gasteiger partial charge in [0.1, 0.15) is 28.5 Å². The molecule has 2 N–H and O–H groups in total. The average molecular weight is 488 g/mol. The fraction of sp³-hybridized carbons (Fsp3) is 0.308. The molecule has 1 atom stereocenters. The molecule has 0 saturated heterocycles. The molecule has 8 nitrogen and oxygen atoms in total. The van der Waals surface area contributed by atoms with Crippen LogP contribution in [-0.4, -0.2) is 41.8 Å². The Morgan fingerprint density at radius 2 is 2.09 bits per heavy atom. The Bertz CT molecular complexity index is 1290.